The van der Waals surface area contributed by atoms with E-state index in [2.05, 4.69) is 25.7 Å². The topological polar surface area (TPSA) is 111 Å². The summed E-state index contributed by atoms with van der Waals surface area (Å²) in [6, 6.07) is 15.3. The molecule has 2 aliphatic rings. The number of hydrogen-bond acceptors (Lipinski definition) is 11. The maximum Gasteiger partial charge on any atom is 0.227 e. The third-order valence-corrected chi connectivity index (χ3v) is 7.92. The lowest BCUT2D eigenvalue weighted by Crippen LogP contribution is -2.31. The first-order valence-corrected chi connectivity index (χ1v) is 14.8. The van der Waals surface area contributed by atoms with Crippen LogP contribution in [0.2, 0.25) is 0 Å². The molecule has 0 unspecified atom stereocenters. The Kier molecular flexibility index (Phi) is 10.5. The largest absolute Gasteiger partial charge is 0.493 e. The van der Waals surface area contributed by atoms with E-state index in [9.17, 15) is 5.26 Å². The lowest BCUT2D eigenvalue weighted by Gasteiger charge is -2.25. The maximum absolute atomic E-state index is 9.75. The Balaban J connectivity index is 1.18. The normalized spacial score (nSPS) is 16.1. The van der Waals surface area contributed by atoms with Crippen molar-refractivity contribution in [2.45, 2.75) is 25.4 Å². The van der Waals surface area contributed by atoms with E-state index in [0.717, 1.165) is 62.6 Å². The molecule has 2 aromatic carbocycles. The molecule has 2 aliphatic heterocycles. The number of anilines is 2. The number of hydrogen-bond donors (Lipinski definition) is 1. The molecule has 10 nitrogen and oxygen atoms in total. The molecule has 0 spiro atoms. The summed E-state index contributed by atoms with van der Waals surface area (Å²) in [7, 11) is 1.62. The van der Waals surface area contributed by atoms with Gasteiger partial charge in [0.05, 0.1) is 51.4 Å². The molecule has 11 heteroatoms. The van der Waals surface area contributed by atoms with Crippen LogP contribution in [-0.2, 0) is 9.47 Å². The summed E-state index contributed by atoms with van der Waals surface area (Å²) in [6.07, 6.45) is 4.32. The Morgan fingerprint density at radius 1 is 1.02 bits per heavy atom. The van der Waals surface area contributed by atoms with Crippen LogP contribution in [0.15, 0.2) is 48.7 Å². The Morgan fingerprint density at radius 2 is 1.83 bits per heavy atom. The summed E-state index contributed by atoms with van der Waals surface area (Å²) in [5.74, 6) is 3.33. The number of rotatable bonds is 12. The van der Waals surface area contributed by atoms with Crippen LogP contribution in [-0.4, -0.2) is 79.4 Å². The molecule has 41 heavy (non-hydrogen) atoms. The fourth-order valence-electron chi connectivity index (χ4n) is 4.54. The van der Waals surface area contributed by atoms with E-state index in [0.29, 0.717) is 54.3 Å². The number of nitrogens with zero attached hydrogens (tertiary/aromatic N) is 4. The van der Waals surface area contributed by atoms with E-state index in [4.69, 9.17) is 23.7 Å². The summed E-state index contributed by atoms with van der Waals surface area (Å²) in [5, 5.41) is 13.0. The van der Waals surface area contributed by atoms with Crippen molar-refractivity contribution < 1.29 is 23.7 Å². The second kappa shape index (κ2) is 14.9. The van der Waals surface area contributed by atoms with Crippen molar-refractivity contribution in [1.29, 1.82) is 5.26 Å². The smallest absolute Gasteiger partial charge is 0.227 e. The first-order chi connectivity index (χ1) is 20.2. The minimum absolute atomic E-state index is 0.0599. The summed E-state index contributed by atoms with van der Waals surface area (Å²) in [5.41, 5.74) is 2.74. The third-order valence-electron chi connectivity index (χ3n) is 6.72. The van der Waals surface area contributed by atoms with Crippen LogP contribution < -0.4 is 19.5 Å². The van der Waals surface area contributed by atoms with Gasteiger partial charge in [0.1, 0.15) is 17.9 Å². The second-order valence-corrected chi connectivity index (χ2v) is 10.8. The fraction of sp³-hybridized carbons (Fsp3) is 0.433. The van der Waals surface area contributed by atoms with Gasteiger partial charge >= 0.3 is 0 Å². The highest BCUT2D eigenvalue weighted by Gasteiger charge is 2.18. The molecule has 0 bridgehead atoms. The van der Waals surface area contributed by atoms with Crippen molar-refractivity contribution in [3.8, 4) is 34.6 Å². The summed E-state index contributed by atoms with van der Waals surface area (Å²) < 4.78 is 30.8. The van der Waals surface area contributed by atoms with Gasteiger partial charge in [-0.2, -0.15) is 5.26 Å². The minimum atomic E-state index is 0.0599. The number of aromatic nitrogens is 2. The van der Waals surface area contributed by atoms with Gasteiger partial charge in [-0.3, -0.25) is 0 Å². The van der Waals surface area contributed by atoms with E-state index < -0.39 is 0 Å². The average Bonchev–Trinajstić information content (AvgIpc) is 3.02. The monoisotopic (exact) mass is 577 g/mol. The van der Waals surface area contributed by atoms with E-state index >= 15 is 0 Å². The predicted molar refractivity (Wildman–Crippen MR) is 158 cm³/mol. The number of morpholine rings is 1. The van der Waals surface area contributed by atoms with Crippen molar-refractivity contribution in [3.05, 3.63) is 54.2 Å². The lowest BCUT2D eigenvalue weighted by atomic mass is 10.1. The van der Waals surface area contributed by atoms with Gasteiger partial charge in [-0.05, 0) is 42.8 Å². The zero-order valence-electron chi connectivity index (χ0n) is 23.2. The van der Waals surface area contributed by atoms with Crippen molar-refractivity contribution in [2.24, 2.45) is 0 Å². The van der Waals surface area contributed by atoms with Gasteiger partial charge in [-0.1, -0.05) is 11.9 Å². The van der Waals surface area contributed by atoms with Crippen molar-refractivity contribution in [2.75, 3.05) is 64.3 Å². The lowest BCUT2D eigenvalue weighted by molar-refractivity contribution is 0.0254. The zero-order valence-corrected chi connectivity index (χ0v) is 24.0. The minimum Gasteiger partial charge on any atom is -0.493 e. The van der Waals surface area contributed by atoms with Crippen LogP contribution in [0, 0.1) is 11.3 Å². The predicted octanol–water partition coefficient (Wildman–Crippen LogP) is 5.07. The molecular formula is C30H35N5O5S. The van der Waals surface area contributed by atoms with E-state index in [1.165, 1.54) is 0 Å². The van der Waals surface area contributed by atoms with Crippen LogP contribution in [0.4, 0.5) is 11.6 Å². The Morgan fingerprint density at radius 3 is 2.63 bits per heavy atom. The molecular weight excluding hydrogens is 542 g/mol. The van der Waals surface area contributed by atoms with Gasteiger partial charge in [0.15, 0.2) is 11.5 Å². The van der Waals surface area contributed by atoms with Gasteiger partial charge in [0.25, 0.3) is 0 Å². The van der Waals surface area contributed by atoms with Crippen LogP contribution in [0.3, 0.4) is 0 Å². The molecule has 0 radical (unpaired) electrons. The number of benzene rings is 2. The Labute approximate surface area is 245 Å². The van der Waals surface area contributed by atoms with Gasteiger partial charge in [-0.25, -0.2) is 14.3 Å². The van der Waals surface area contributed by atoms with Crippen molar-refractivity contribution >= 4 is 23.6 Å². The highest BCUT2D eigenvalue weighted by molar-refractivity contribution is 7.97. The van der Waals surface area contributed by atoms with Gasteiger partial charge in [0.2, 0.25) is 5.95 Å². The highest BCUT2D eigenvalue weighted by atomic mass is 32.2. The third kappa shape index (κ3) is 8.24. The Hall–Kier alpha value is -3.56. The SMILES string of the molecule is COc1cc(Nc2nccc(-c3ccc(OC4CCOCC4)c(C#N)c3)n2)ccc1OCCCSN1CCOCC1. The number of nitrogens with one attached hydrogen (secondary N) is 1. The second-order valence-electron chi connectivity index (χ2n) is 9.59. The molecule has 1 aromatic heterocycles. The zero-order chi connectivity index (χ0) is 28.3. The molecule has 5 rings (SSSR count). The van der Waals surface area contributed by atoms with Gasteiger partial charge in [0, 0.05) is 55.2 Å². The first kappa shape index (κ1) is 29.0. The van der Waals surface area contributed by atoms with E-state index in [1.807, 2.05) is 48.3 Å². The molecule has 2 fully saturated rings. The van der Waals surface area contributed by atoms with Crippen LogP contribution in [0.1, 0.15) is 24.8 Å². The van der Waals surface area contributed by atoms with Crippen LogP contribution in [0.5, 0.6) is 17.2 Å². The summed E-state index contributed by atoms with van der Waals surface area (Å²) >= 11 is 1.85. The Bertz CT molecular complexity index is 1320. The molecule has 3 aromatic rings. The van der Waals surface area contributed by atoms with Crippen LogP contribution in [0.25, 0.3) is 11.3 Å². The molecule has 1 N–H and O–H groups in total. The maximum atomic E-state index is 9.75. The van der Waals surface area contributed by atoms with Crippen molar-refractivity contribution in [1.82, 2.24) is 14.3 Å². The molecule has 0 aliphatic carbocycles. The summed E-state index contributed by atoms with van der Waals surface area (Å²) in [4.78, 5) is 9.04. The first-order valence-electron chi connectivity index (χ1n) is 13.9. The molecule has 3 heterocycles. The fourth-order valence-corrected chi connectivity index (χ4v) is 5.45. The van der Waals surface area contributed by atoms with Gasteiger partial charge in [-0.15, -0.1) is 0 Å². The number of nitriles is 1. The highest BCUT2D eigenvalue weighted by Crippen LogP contribution is 2.32. The molecule has 0 amide bonds. The molecule has 2 saturated heterocycles. The average molecular weight is 578 g/mol. The summed E-state index contributed by atoms with van der Waals surface area (Å²) in [6.45, 7) is 5.51. The standard InChI is InChI=1S/C30H35N5O5S/c1-36-29-20-24(4-6-28(29)39-13-2-18-41-35-11-16-38-17-12-35)33-30-32-10-7-26(34-30)22-3-5-27(23(19-22)21-31)40-25-8-14-37-15-9-25/h3-7,10,19-20,25H,2,8-9,11-18H2,1H3,(H,32,33,34). The van der Waals surface area contributed by atoms with E-state index in [-0.39, 0.29) is 6.10 Å². The molecule has 0 atom stereocenters. The number of methoxy groups -OCH3 is 1. The quantitative estimate of drug-likeness (QED) is 0.230. The van der Waals surface area contributed by atoms with Gasteiger partial charge < -0.3 is 29.0 Å². The molecule has 216 valence electrons. The van der Waals surface area contributed by atoms with Crippen LogP contribution >= 0.6 is 11.9 Å². The molecule has 0 saturated carbocycles. The van der Waals surface area contributed by atoms with E-state index in [1.54, 1.807) is 19.4 Å². The van der Waals surface area contributed by atoms with Crippen molar-refractivity contribution in [3.63, 3.8) is 0 Å². The number of ether oxygens (including phenoxy) is 5.